The summed E-state index contributed by atoms with van der Waals surface area (Å²) in [6.07, 6.45) is 12.1. The number of hydrogen-bond acceptors (Lipinski definition) is 2. The largest absolute Gasteiger partial charge is 0.377 e. The molecule has 106 valence electrons. The smallest absolute Gasteiger partial charge is 0.0655 e. The maximum atomic E-state index is 8.95. The zero-order valence-electron chi connectivity index (χ0n) is 12.0. The van der Waals surface area contributed by atoms with E-state index in [0.717, 1.165) is 37.2 Å². The molecule has 2 saturated carbocycles. The van der Waals surface area contributed by atoms with Gasteiger partial charge in [-0.2, -0.15) is 5.26 Å². The highest BCUT2D eigenvalue weighted by molar-refractivity contribution is 4.89. The molecule has 0 spiro atoms. The van der Waals surface area contributed by atoms with Crippen LogP contribution in [0, 0.1) is 35.0 Å². The second-order valence-corrected chi connectivity index (χ2v) is 6.35. The maximum Gasteiger partial charge on any atom is 0.0655 e. The first kappa shape index (κ1) is 14.6. The topological polar surface area (TPSA) is 33.0 Å². The van der Waals surface area contributed by atoms with Gasteiger partial charge in [0, 0.05) is 12.5 Å². The van der Waals surface area contributed by atoms with E-state index in [2.05, 4.69) is 12.6 Å². The Bertz CT molecular complexity index is 304. The second kappa shape index (κ2) is 7.70. The molecule has 0 radical (unpaired) electrons. The predicted octanol–water partition coefficient (Wildman–Crippen LogP) is 4.33. The lowest BCUT2D eigenvalue weighted by atomic mass is 9.69. The highest BCUT2D eigenvalue weighted by Crippen LogP contribution is 2.41. The molecule has 2 aliphatic rings. The van der Waals surface area contributed by atoms with Gasteiger partial charge in [-0.05, 0) is 69.1 Å². The normalized spacial score (nSPS) is 35.5. The first-order valence-electron chi connectivity index (χ1n) is 7.91. The maximum absolute atomic E-state index is 8.95. The fraction of sp³-hybridized carbons (Fsp3) is 0.824. The number of nitrogens with zero attached hydrogens (tertiary/aromatic N) is 1. The fourth-order valence-electron chi connectivity index (χ4n) is 3.86. The average molecular weight is 261 g/mol. The molecule has 0 aromatic rings. The third-order valence-electron chi connectivity index (χ3n) is 5.10. The second-order valence-electron chi connectivity index (χ2n) is 6.35. The summed E-state index contributed by atoms with van der Waals surface area (Å²) in [6, 6.07) is 2.44. The van der Waals surface area contributed by atoms with Crippen molar-refractivity contribution < 1.29 is 4.74 Å². The Kier molecular flexibility index (Phi) is 5.92. The summed E-state index contributed by atoms with van der Waals surface area (Å²) < 4.78 is 5.58. The summed E-state index contributed by atoms with van der Waals surface area (Å²) in [6.45, 7) is 5.29. The molecule has 0 unspecified atom stereocenters. The van der Waals surface area contributed by atoms with Crippen molar-refractivity contribution in [2.24, 2.45) is 23.7 Å². The van der Waals surface area contributed by atoms with Gasteiger partial charge >= 0.3 is 0 Å². The molecule has 0 amide bonds. The summed E-state index contributed by atoms with van der Waals surface area (Å²) in [5, 5.41) is 8.95. The van der Waals surface area contributed by atoms with Crippen molar-refractivity contribution in [1.29, 1.82) is 5.26 Å². The standard InChI is InChI=1S/C17H27NO/c1-2-11-19-13-15-5-9-17(10-6-15)16-7-3-14(12-18)4-8-16/h2,14-17H,1,3-11,13H2/t14-,15?,16-,17?. The van der Waals surface area contributed by atoms with Gasteiger partial charge in [-0.25, -0.2) is 0 Å². The van der Waals surface area contributed by atoms with Crippen LogP contribution in [0.2, 0.25) is 0 Å². The monoisotopic (exact) mass is 261 g/mol. The minimum Gasteiger partial charge on any atom is -0.377 e. The van der Waals surface area contributed by atoms with Gasteiger partial charge in [-0.3, -0.25) is 0 Å². The molecule has 0 atom stereocenters. The Morgan fingerprint density at radius 2 is 1.58 bits per heavy atom. The van der Waals surface area contributed by atoms with Gasteiger partial charge in [0.1, 0.15) is 0 Å². The van der Waals surface area contributed by atoms with E-state index in [-0.39, 0.29) is 0 Å². The van der Waals surface area contributed by atoms with Crippen LogP contribution in [0.3, 0.4) is 0 Å². The number of hydrogen-bond donors (Lipinski definition) is 0. The molecule has 0 N–H and O–H groups in total. The number of nitriles is 1. The van der Waals surface area contributed by atoms with Crippen LogP contribution >= 0.6 is 0 Å². The van der Waals surface area contributed by atoms with Crippen molar-refractivity contribution in [3.05, 3.63) is 12.7 Å². The van der Waals surface area contributed by atoms with Crippen LogP contribution in [0.1, 0.15) is 51.4 Å². The SMILES string of the molecule is C=CCOCC1CCC([C@H]2CC[C@H](C#N)CC2)CC1. The van der Waals surface area contributed by atoms with Crippen molar-refractivity contribution in [1.82, 2.24) is 0 Å². The Labute approximate surface area is 117 Å². The first-order chi connectivity index (χ1) is 9.33. The molecule has 2 rings (SSSR count). The summed E-state index contributed by atoms with van der Waals surface area (Å²) in [5.41, 5.74) is 0. The molecule has 0 aliphatic heterocycles. The molecule has 0 aromatic carbocycles. The zero-order chi connectivity index (χ0) is 13.5. The van der Waals surface area contributed by atoms with Gasteiger partial charge in [0.05, 0.1) is 12.7 Å². The first-order valence-corrected chi connectivity index (χ1v) is 7.91. The minimum atomic E-state index is 0.347. The van der Waals surface area contributed by atoms with Gasteiger partial charge < -0.3 is 4.74 Å². The molecular weight excluding hydrogens is 234 g/mol. The van der Waals surface area contributed by atoms with Gasteiger partial charge in [0.2, 0.25) is 0 Å². The molecule has 2 nitrogen and oxygen atoms in total. The number of rotatable bonds is 5. The van der Waals surface area contributed by atoms with Crippen molar-refractivity contribution in [3.8, 4) is 6.07 Å². The van der Waals surface area contributed by atoms with Crippen molar-refractivity contribution in [2.45, 2.75) is 51.4 Å². The average Bonchev–Trinajstić information content (AvgIpc) is 2.48. The van der Waals surface area contributed by atoms with Crippen LogP contribution in [0.5, 0.6) is 0 Å². The molecule has 2 heteroatoms. The Morgan fingerprint density at radius 3 is 2.11 bits per heavy atom. The van der Waals surface area contributed by atoms with E-state index in [1.165, 1.54) is 38.5 Å². The lowest BCUT2D eigenvalue weighted by molar-refractivity contribution is 0.0802. The number of ether oxygens (including phenoxy) is 1. The van der Waals surface area contributed by atoms with E-state index in [0.29, 0.717) is 12.5 Å². The van der Waals surface area contributed by atoms with Crippen LogP contribution < -0.4 is 0 Å². The van der Waals surface area contributed by atoms with Crippen molar-refractivity contribution in [2.75, 3.05) is 13.2 Å². The fourth-order valence-corrected chi connectivity index (χ4v) is 3.86. The van der Waals surface area contributed by atoms with Crippen LogP contribution in [-0.2, 0) is 4.74 Å². The van der Waals surface area contributed by atoms with E-state index < -0.39 is 0 Å². The van der Waals surface area contributed by atoms with Crippen molar-refractivity contribution >= 4 is 0 Å². The Balaban J connectivity index is 1.66. The quantitative estimate of drug-likeness (QED) is 0.545. The molecule has 2 aliphatic carbocycles. The van der Waals surface area contributed by atoms with E-state index in [1.807, 2.05) is 6.08 Å². The molecule has 0 bridgehead atoms. The zero-order valence-corrected chi connectivity index (χ0v) is 12.0. The molecule has 0 heterocycles. The van der Waals surface area contributed by atoms with Gasteiger partial charge in [-0.15, -0.1) is 6.58 Å². The summed E-state index contributed by atoms with van der Waals surface area (Å²) in [5.74, 6) is 2.95. The lowest BCUT2D eigenvalue weighted by Gasteiger charge is -2.36. The molecule has 0 saturated heterocycles. The Hall–Kier alpha value is -0.810. The minimum absolute atomic E-state index is 0.347. The Morgan fingerprint density at radius 1 is 1.00 bits per heavy atom. The van der Waals surface area contributed by atoms with Gasteiger partial charge in [0.25, 0.3) is 0 Å². The van der Waals surface area contributed by atoms with E-state index in [1.54, 1.807) is 0 Å². The van der Waals surface area contributed by atoms with Gasteiger partial charge in [0.15, 0.2) is 0 Å². The molecule has 19 heavy (non-hydrogen) atoms. The van der Waals surface area contributed by atoms with E-state index >= 15 is 0 Å². The summed E-state index contributed by atoms with van der Waals surface area (Å²) in [7, 11) is 0. The predicted molar refractivity (Wildman–Crippen MR) is 77.5 cm³/mol. The molecule has 0 aromatic heterocycles. The van der Waals surface area contributed by atoms with Crippen LogP contribution in [0.4, 0.5) is 0 Å². The summed E-state index contributed by atoms with van der Waals surface area (Å²) in [4.78, 5) is 0. The van der Waals surface area contributed by atoms with Crippen LogP contribution in [-0.4, -0.2) is 13.2 Å². The third-order valence-corrected chi connectivity index (χ3v) is 5.10. The molecule has 2 fully saturated rings. The van der Waals surface area contributed by atoms with Crippen LogP contribution in [0.25, 0.3) is 0 Å². The molecular formula is C17H27NO. The van der Waals surface area contributed by atoms with Gasteiger partial charge in [-0.1, -0.05) is 6.08 Å². The highest BCUT2D eigenvalue weighted by Gasteiger charge is 2.30. The van der Waals surface area contributed by atoms with Crippen LogP contribution in [0.15, 0.2) is 12.7 Å². The van der Waals surface area contributed by atoms with E-state index in [9.17, 15) is 0 Å². The lowest BCUT2D eigenvalue weighted by Crippen LogP contribution is -2.26. The highest BCUT2D eigenvalue weighted by atomic mass is 16.5. The summed E-state index contributed by atoms with van der Waals surface area (Å²) >= 11 is 0. The van der Waals surface area contributed by atoms with Crippen molar-refractivity contribution in [3.63, 3.8) is 0 Å². The van der Waals surface area contributed by atoms with E-state index in [4.69, 9.17) is 10.00 Å². The third kappa shape index (κ3) is 4.35.